The SMILES string of the molecule is O=C(O)c1ccc(-c2ccccc2)cc1NC(=O)C(F)(F)F. The van der Waals surface area contributed by atoms with Crippen LogP contribution in [-0.4, -0.2) is 23.2 Å². The maximum absolute atomic E-state index is 12.3. The first-order valence-electron chi connectivity index (χ1n) is 6.10. The highest BCUT2D eigenvalue weighted by Gasteiger charge is 2.39. The highest BCUT2D eigenvalue weighted by molar-refractivity contribution is 6.03. The average Bonchev–Trinajstić information content (AvgIpc) is 2.47. The number of nitrogens with one attached hydrogen (secondary N) is 1. The predicted molar refractivity (Wildman–Crippen MR) is 73.5 cm³/mol. The smallest absolute Gasteiger partial charge is 0.471 e. The molecule has 0 atom stereocenters. The van der Waals surface area contributed by atoms with E-state index in [1.54, 1.807) is 35.6 Å². The lowest BCUT2D eigenvalue weighted by atomic mass is 10.0. The maximum atomic E-state index is 12.3. The van der Waals surface area contributed by atoms with E-state index in [1.807, 2.05) is 0 Å². The normalized spacial score (nSPS) is 11.0. The van der Waals surface area contributed by atoms with E-state index in [2.05, 4.69) is 0 Å². The summed E-state index contributed by atoms with van der Waals surface area (Å²) in [5, 5.41) is 10.6. The summed E-state index contributed by atoms with van der Waals surface area (Å²) in [4.78, 5) is 22.1. The van der Waals surface area contributed by atoms with Gasteiger partial charge in [-0.15, -0.1) is 0 Å². The van der Waals surface area contributed by atoms with Gasteiger partial charge < -0.3 is 10.4 Å². The number of carboxylic acids is 1. The minimum absolute atomic E-state index is 0.406. The van der Waals surface area contributed by atoms with Crippen LogP contribution in [0.1, 0.15) is 10.4 Å². The number of rotatable bonds is 3. The molecule has 7 heteroatoms. The standard InChI is InChI=1S/C15H10F3NO3/c16-15(17,18)14(22)19-12-8-10(6-7-11(12)13(20)21)9-4-2-1-3-5-9/h1-8H,(H,19,22)(H,20,21). The molecule has 2 rings (SSSR count). The van der Waals surface area contributed by atoms with Crippen molar-refractivity contribution in [2.75, 3.05) is 5.32 Å². The van der Waals surface area contributed by atoms with E-state index < -0.39 is 29.3 Å². The van der Waals surface area contributed by atoms with Gasteiger partial charge >= 0.3 is 18.1 Å². The quantitative estimate of drug-likeness (QED) is 0.911. The lowest BCUT2D eigenvalue weighted by Gasteiger charge is -2.12. The van der Waals surface area contributed by atoms with Crippen molar-refractivity contribution in [2.24, 2.45) is 0 Å². The van der Waals surface area contributed by atoms with Crippen LogP contribution in [0.15, 0.2) is 48.5 Å². The van der Waals surface area contributed by atoms with Crippen molar-refractivity contribution < 1.29 is 27.9 Å². The van der Waals surface area contributed by atoms with Gasteiger partial charge in [0.15, 0.2) is 0 Å². The monoisotopic (exact) mass is 309 g/mol. The third-order valence-electron chi connectivity index (χ3n) is 2.86. The number of anilines is 1. The topological polar surface area (TPSA) is 66.4 Å². The van der Waals surface area contributed by atoms with Gasteiger partial charge in [-0.3, -0.25) is 4.79 Å². The molecule has 114 valence electrons. The summed E-state index contributed by atoms with van der Waals surface area (Å²) in [6, 6.07) is 12.5. The van der Waals surface area contributed by atoms with Gasteiger partial charge in [0.05, 0.1) is 11.3 Å². The van der Waals surface area contributed by atoms with E-state index in [4.69, 9.17) is 5.11 Å². The molecule has 0 heterocycles. The highest BCUT2D eigenvalue weighted by atomic mass is 19.4. The molecule has 0 radical (unpaired) electrons. The lowest BCUT2D eigenvalue weighted by molar-refractivity contribution is -0.167. The molecule has 0 saturated carbocycles. The van der Waals surface area contributed by atoms with E-state index >= 15 is 0 Å². The molecule has 2 N–H and O–H groups in total. The summed E-state index contributed by atoms with van der Waals surface area (Å²) in [5.74, 6) is -3.66. The van der Waals surface area contributed by atoms with Crippen molar-refractivity contribution in [3.05, 3.63) is 54.1 Å². The number of carbonyl (C=O) groups excluding carboxylic acids is 1. The summed E-state index contributed by atoms with van der Waals surface area (Å²) in [6.07, 6.45) is -5.10. The van der Waals surface area contributed by atoms with Crippen LogP contribution in [0.2, 0.25) is 0 Å². The fraction of sp³-hybridized carbons (Fsp3) is 0.0667. The zero-order chi connectivity index (χ0) is 16.3. The van der Waals surface area contributed by atoms with Crippen molar-refractivity contribution in [3.63, 3.8) is 0 Å². The van der Waals surface area contributed by atoms with Gasteiger partial charge in [-0.05, 0) is 23.3 Å². The largest absolute Gasteiger partial charge is 0.478 e. The Kier molecular flexibility index (Phi) is 4.16. The van der Waals surface area contributed by atoms with Crippen molar-refractivity contribution in [1.82, 2.24) is 0 Å². The van der Waals surface area contributed by atoms with Crippen molar-refractivity contribution in [2.45, 2.75) is 6.18 Å². The van der Waals surface area contributed by atoms with Gasteiger partial charge in [0.25, 0.3) is 0 Å². The summed E-state index contributed by atoms with van der Waals surface area (Å²) in [7, 11) is 0. The molecule has 0 aliphatic rings. The van der Waals surface area contributed by atoms with Gasteiger partial charge in [-0.1, -0.05) is 36.4 Å². The molecule has 0 fully saturated rings. The first-order chi connectivity index (χ1) is 10.3. The Balaban J connectivity index is 2.45. The number of benzene rings is 2. The molecule has 0 aliphatic carbocycles. The Morgan fingerprint density at radius 2 is 1.59 bits per heavy atom. The summed E-state index contributed by atoms with van der Waals surface area (Å²) in [5.41, 5.74) is 0.346. The molecule has 0 unspecified atom stereocenters. The van der Waals surface area contributed by atoms with Gasteiger partial charge in [0.1, 0.15) is 0 Å². The zero-order valence-electron chi connectivity index (χ0n) is 11.0. The molecule has 22 heavy (non-hydrogen) atoms. The van der Waals surface area contributed by atoms with Crippen molar-refractivity contribution >= 4 is 17.6 Å². The molecule has 2 aromatic carbocycles. The molecule has 0 aliphatic heterocycles. The van der Waals surface area contributed by atoms with E-state index in [0.717, 1.165) is 6.07 Å². The number of amides is 1. The summed E-state index contributed by atoms with van der Waals surface area (Å²) < 4.78 is 37.0. The Morgan fingerprint density at radius 3 is 2.14 bits per heavy atom. The second kappa shape index (κ2) is 5.88. The van der Waals surface area contributed by atoms with Gasteiger partial charge in [-0.25, -0.2) is 4.79 Å². The van der Waals surface area contributed by atoms with Crippen LogP contribution in [0.3, 0.4) is 0 Å². The fourth-order valence-corrected chi connectivity index (χ4v) is 1.84. The second-order valence-corrected chi connectivity index (χ2v) is 4.38. The van der Waals surface area contributed by atoms with E-state index in [9.17, 15) is 22.8 Å². The number of carbonyl (C=O) groups is 2. The Bertz CT molecular complexity index is 712. The molecule has 0 aromatic heterocycles. The number of hydrogen-bond donors (Lipinski definition) is 2. The van der Waals surface area contributed by atoms with Crippen LogP contribution in [0.5, 0.6) is 0 Å². The lowest BCUT2D eigenvalue weighted by Crippen LogP contribution is -2.30. The van der Waals surface area contributed by atoms with Crippen LogP contribution in [0, 0.1) is 0 Å². The van der Waals surface area contributed by atoms with Crippen LogP contribution in [0.4, 0.5) is 18.9 Å². The Hall–Kier alpha value is -2.83. The molecule has 2 aromatic rings. The molecular weight excluding hydrogens is 299 g/mol. The van der Waals surface area contributed by atoms with Gasteiger partial charge in [0, 0.05) is 0 Å². The number of alkyl halides is 3. The first kappa shape index (κ1) is 15.6. The fourth-order valence-electron chi connectivity index (χ4n) is 1.84. The molecular formula is C15H10F3NO3. The average molecular weight is 309 g/mol. The van der Waals surface area contributed by atoms with Gasteiger partial charge in [-0.2, -0.15) is 13.2 Å². The number of carboxylic acid groups (broad SMARTS) is 1. The number of halogens is 3. The van der Waals surface area contributed by atoms with E-state index in [1.165, 1.54) is 12.1 Å². The second-order valence-electron chi connectivity index (χ2n) is 4.38. The predicted octanol–water partition coefficient (Wildman–Crippen LogP) is 3.55. The van der Waals surface area contributed by atoms with Crippen molar-refractivity contribution in [1.29, 1.82) is 0 Å². The van der Waals surface area contributed by atoms with Crippen LogP contribution >= 0.6 is 0 Å². The zero-order valence-corrected chi connectivity index (χ0v) is 11.0. The first-order valence-corrected chi connectivity index (χ1v) is 6.10. The molecule has 0 spiro atoms. The molecule has 0 saturated heterocycles. The molecule has 1 amide bonds. The van der Waals surface area contributed by atoms with Crippen LogP contribution in [0.25, 0.3) is 11.1 Å². The summed E-state index contributed by atoms with van der Waals surface area (Å²) in [6.45, 7) is 0. The number of aromatic carboxylic acids is 1. The minimum Gasteiger partial charge on any atom is -0.478 e. The number of hydrogen-bond acceptors (Lipinski definition) is 2. The third-order valence-corrected chi connectivity index (χ3v) is 2.86. The molecule has 4 nitrogen and oxygen atoms in total. The summed E-state index contributed by atoms with van der Waals surface area (Å²) >= 11 is 0. The Morgan fingerprint density at radius 1 is 0.955 bits per heavy atom. The van der Waals surface area contributed by atoms with E-state index in [0.29, 0.717) is 11.1 Å². The third kappa shape index (κ3) is 3.43. The van der Waals surface area contributed by atoms with Crippen molar-refractivity contribution in [3.8, 4) is 11.1 Å². The highest BCUT2D eigenvalue weighted by Crippen LogP contribution is 2.27. The van der Waals surface area contributed by atoms with Gasteiger partial charge in [0.2, 0.25) is 0 Å². The van der Waals surface area contributed by atoms with Crippen LogP contribution < -0.4 is 5.32 Å². The molecule has 0 bridgehead atoms. The maximum Gasteiger partial charge on any atom is 0.471 e. The van der Waals surface area contributed by atoms with E-state index in [-0.39, 0.29) is 0 Å². The Labute approximate surface area is 123 Å². The minimum atomic E-state index is -5.10. The van der Waals surface area contributed by atoms with Crippen LogP contribution in [-0.2, 0) is 4.79 Å².